The van der Waals surface area contributed by atoms with Crippen LogP contribution in [-0.4, -0.2) is 26.0 Å². The van der Waals surface area contributed by atoms with Gasteiger partial charge in [0.2, 0.25) is 0 Å². The molecule has 0 radical (unpaired) electrons. The maximum absolute atomic E-state index is 12.7. The number of ketones is 1. The van der Waals surface area contributed by atoms with Gasteiger partial charge in [0.1, 0.15) is 11.3 Å². The van der Waals surface area contributed by atoms with Crippen LogP contribution in [0.3, 0.4) is 0 Å². The second-order valence-corrected chi connectivity index (χ2v) is 5.20. The monoisotopic (exact) mass is 352 g/mol. The molecule has 0 N–H and O–H groups in total. The van der Waals surface area contributed by atoms with Crippen molar-refractivity contribution in [3.8, 4) is 5.75 Å². The molecule has 2 aromatic rings. The van der Waals surface area contributed by atoms with Crippen LogP contribution in [0.5, 0.6) is 5.75 Å². The summed E-state index contributed by atoms with van der Waals surface area (Å²) in [6.07, 6.45) is -4.68. The van der Waals surface area contributed by atoms with E-state index in [1.807, 2.05) is 0 Å². The zero-order valence-electron chi connectivity index (χ0n) is 13.5. The number of esters is 1. The summed E-state index contributed by atoms with van der Waals surface area (Å²) >= 11 is 0. The van der Waals surface area contributed by atoms with Crippen LogP contribution in [0.25, 0.3) is 0 Å². The Balaban J connectivity index is 2.28. The van der Waals surface area contributed by atoms with E-state index in [0.29, 0.717) is 5.56 Å². The zero-order chi connectivity index (χ0) is 18.6. The number of carbonyl (C=O) groups excluding carboxylic acids is 2. The van der Waals surface area contributed by atoms with Crippen molar-refractivity contribution in [3.63, 3.8) is 0 Å². The Bertz CT molecular complexity index is 797. The predicted octanol–water partition coefficient (Wildman–Crippen LogP) is 3.93. The molecule has 0 unspecified atom stereocenters. The fourth-order valence-corrected chi connectivity index (χ4v) is 2.29. The molecule has 4 nitrogen and oxygen atoms in total. The van der Waals surface area contributed by atoms with E-state index in [9.17, 15) is 22.8 Å². The Morgan fingerprint density at radius 2 is 1.76 bits per heavy atom. The lowest BCUT2D eigenvalue weighted by Crippen LogP contribution is -2.10. The smallest absolute Gasteiger partial charge is 0.416 e. The van der Waals surface area contributed by atoms with Crippen LogP contribution in [0.1, 0.15) is 31.8 Å². The zero-order valence-corrected chi connectivity index (χ0v) is 13.5. The number of halogens is 3. The molecule has 0 aliphatic carbocycles. The average Bonchev–Trinajstić information content (AvgIpc) is 2.60. The van der Waals surface area contributed by atoms with E-state index in [1.54, 1.807) is 6.07 Å². The molecule has 0 saturated heterocycles. The van der Waals surface area contributed by atoms with Gasteiger partial charge in [0, 0.05) is 12.0 Å². The molecule has 2 rings (SSSR count). The number of rotatable bonds is 5. The molecular weight excluding hydrogens is 337 g/mol. The molecule has 7 heteroatoms. The van der Waals surface area contributed by atoms with E-state index < -0.39 is 23.5 Å². The first-order chi connectivity index (χ1) is 11.8. The fraction of sp³-hybridized carbons (Fsp3) is 0.222. The first-order valence-electron chi connectivity index (χ1n) is 7.22. The topological polar surface area (TPSA) is 52.6 Å². The van der Waals surface area contributed by atoms with Gasteiger partial charge in [-0.2, -0.15) is 13.2 Å². The molecule has 0 aromatic heterocycles. The summed E-state index contributed by atoms with van der Waals surface area (Å²) < 4.78 is 47.9. The summed E-state index contributed by atoms with van der Waals surface area (Å²) in [7, 11) is 2.59. The highest BCUT2D eigenvalue weighted by atomic mass is 19.4. The molecule has 0 saturated carbocycles. The van der Waals surface area contributed by atoms with Gasteiger partial charge in [0.15, 0.2) is 5.78 Å². The summed E-state index contributed by atoms with van der Waals surface area (Å²) in [6, 6.07) is 8.72. The molecule has 132 valence electrons. The quantitative estimate of drug-likeness (QED) is 0.604. The number of Topliss-reactive ketones (excluding diaryl/α,β-unsaturated/α-hetero) is 1. The van der Waals surface area contributed by atoms with Gasteiger partial charge in [-0.1, -0.05) is 18.2 Å². The average molecular weight is 352 g/mol. The highest BCUT2D eigenvalue weighted by Crippen LogP contribution is 2.30. The number of carbonyl (C=O) groups is 2. The maximum atomic E-state index is 12.7. The largest absolute Gasteiger partial charge is 0.496 e. The second-order valence-electron chi connectivity index (χ2n) is 5.20. The van der Waals surface area contributed by atoms with Gasteiger partial charge >= 0.3 is 12.1 Å². The van der Waals surface area contributed by atoms with Gasteiger partial charge in [-0.05, 0) is 29.8 Å². The molecule has 25 heavy (non-hydrogen) atoms. The molecular formula is C18H15F3O4. The van der Waals surface area contributed by atoms with Gasteiger partial charge in [-0.25, -0.2) is 4.79 Å². The summed E-state index contributed by atoms with van der Waals surface area (Å²) in [5.41, 5.74) is -0.337. The van der Waals surface area contributed by atoms with Crippen LogP contribution in [0.15, 0.2) is 42.5 Å². The lowest BCUT2D eigenvalue weighted by Gasteiger charge is -2.10. The molecule has 0 aliphatic heterocycles. The van der Waals surface area contributed by atoms with Crippen LogP contribution in [0, 0.1) is 0 Å². The van der Waals surface area contributed by atoms with Crippen molar-refractivity contribution < 1.29 is 32.2 Å². The third-order valence-electron chi connectivity index (χ3n) is 3.55. The Labute approximate surface area is 142 Å². The number of hydrogen-bond acceptors (Lipinski definition) is 4. The summed E-state index contributed by atoms with van der Waals surface area (Å²) in [4.78, 5) is 24.0. The lowest BCUT2D eigenvalue weighted by atomic mass is 9.99. The Morgan fingerprint density at radius 3 is 2.36 bits per heavy atom. The molecule has 0 fully saturated rings. The van der Waals surface area contributed by atoms with E-state index in [1.165, 1.54) is 38.5 Å². The van der Waals surface area contributed by atoms with Gasteiger partial charge in [0.05, 0.1) is 19.8 Å². The van der Waals surface area contributed by atoms with E-state index in [2.05, 4.69) is 4.74 Å². The highest BCUT2D eigenvalue weighted by molar-refractivity contribution is 5.98. The number of ether oxygens (including phenoxy) is 2. The van der Waals surface area contributed by atoms with Crippen LogP contribution in [0.2, 0.25) is 0 Å². The molecule has 2 aromatic carbocycles. The standard InChI is InChI=1S/C18H15F3O4/c1-24-16-7-6-11(8-14(16)17(23)25-2)9-15(22)12-4-3-5-13(10-12)18(19,20)21/h3-8,10H,9H2,1-2H3. The normalized spacial score (nSPS) is 11.1. The van der Waals surface area contributed by atoms with Crippen molar-refractivity contribution in [2.45, 2.75) is 12.6 Å². The third kappa shape index (κ3) is 4.37. The summed E-state index contributed by atoms with van der Waals surface area (Å²) in [6.45, 7) is 0. The Hall–Kier alpha value is -2.83. The molecule has 0 atom stereocenters. The Kier molecular flexibility index (Phi) is 5.46. The molecule has 0 bridgehead atoms. The van der Waals surface area contributed by atoms with E-state index >= 15 is 0 Å². The predicted molar refractivity (Wildman–Crippen MR) is 83.8 cm³/mol. The first kappa shape index (κ1) is 18.5. The number of benzene rings is 2. The van der Waals surface area contributed by atoms with E-state index in [-0.39, 0.29) is 23.3 Å². The minimum absolute atomic E-state index is 0.0507. The number of alkyl halides is 3. The van der Waals surface area contributed by atoms with Crippen molar-refractivity contribution >= 4 is 11.8 Å². The SMILES string of the molecule is COC(=O)c1cc(CC(=O)c2cccc(C(F)(F)F)c2)ccc1OC. The van der Waals surface area contributed by atoms with Crippen LogP contribution in [0.4, 0.5) is 13.2 Å². The first-order valence-corrected chi connectivity index (χ1v) is 7.22. The van der Waals surface area contributed by atoms with Crippen molar-refractivity contribution in [1.29, 1.82) is 0 Å². The van der Waals surface area contributed by atoms with Crippen LogP contribution >= 0.6 is 0 Å². The van der Waals surface area contributed by atoms with E-state index in [4.69, 9.17) is 4.74 Å². The maximum Gasteiger partial charge on any atom is 0.416 e. The summed E-state index contributed by atoms with van der Waals surface area (Å²) in [5.74, 6) is -0.848. The molecule has 0 amide bonds. The van der Waals surface area contributed by atoms with Gasteiger partial charge in [-0.3, -0.25) is 4.79 Å². The van der Waals surface area contributed by atoms with Crippen LogP contribution in [-0.2, 0) is 17.3 Å². The molecule has 0 spiro atoms. The second kappa shape index (κ2) is 7.38. The molecule has 0 heterocycles. The fourth-order valence-electron chi connectivity index (χ4n) is 2.29. The lowest BCUT2D eigenvalue weighted by molar-refractivity contribution is -0.137. The number of methoxy groups -OCH3 is 2. The summed E-state index contributed by atoms with van der Waals surface area (Å²) in [5, 5.41) is 0. The van der Waals surface area contributed by atoms with Crippen molar-refractivity contribution in [2.24, 2.45) is 0 Å². The van der Waals surface area contributed by atoms with Gasteiger partial charge in [-0.15, -0.1) is 0 Å². The van der Waals surface area contributed by atoms with Crippen LogP contribution < -0.4 is 4.74 Å². The van der Waals surface area contributed by atoms with Gasteiger partial charge in [0.25, 0.3) is 0 Å². The molecule has 0 aliphatic rings. The Morgan fingerprint density at radius 1 is 1.04 bits per heavy atom. The van der Waals surface area contributed by atoms with Gasteiger partial charge < -0.3 is 9.47 Å². The highest BCUT2D eigenvalue weighted by Gasteiger charge is 2.30. The minimum Gasteiger partial charge on any atom is -0.496 e. The van der Waals surface area contributed by atoms with Crippen molar-refractivity contribution in [2.75, 3.05) is 14.2 Å². The number of hydrogen-bond donors (Lipinski definition) is 0. The van der Waals surface area contributed by atoms with E-state index in [0.717, 1.165) is 12.1 Å². The van der Waals surface area contributed by atoms with Crippen molar-refractivity contribution in [3.05, 3.63) is 64.7 Å². The third-order valence-corrected chi connectivity index (χ3v) is 3.55. The minimum atomic E-state index is -4.52. The van der Waals surface area contributed by atoms with Crippen molar-refractivity contribution in [1.82, 2.24) is 0 Å².